The van der Waals surface area contributed by atoms with E-state index in [0.29, 0.717) is 25.7 Å². The van der Waals surface area contributed by atoms with E-state index in [2.05, 4.69) is 41.5 Å². The number of rotatable bonds is 64. The number of phosphoric ester groups is 2. The summed E-state index contributed by atoms with van der Waals surface area (Å²) in [7, 11) is -9.88. The van der Waals surface area contributed by atoms with Crippen LogP contribution < -0.4 is 0 Å². The third-order valence-electron chi connectivity index (χ3n) is 15.0. The SMILES string of the molecule is CCCCCCCCCCCCCC(=O)O[C@H](COC(=O)CCCCCCC)COP(=O)(O)OC[C@H](O)COP(=O)(O)OC[C@@H](COC(=O)CCCCCCCCCCCCC(C)C)OC(=O)CCCCCCCCCCCCCCC(C)C. The van der Waals surface area contributed by atoms with Gasteiger partial charge in [0.2, 0.25) is 0 Å². The number of aliphatic hydroxyl groups excluding tert-OH is 1. The van der Waals surface area contributed by atoms with Crippen LogP contribution in [0.1, 0.15) is 324 Å². The second kappa shape index (κ2) is 57.5. The molecule has 0 saturated carbocycles. The Hall–Kier alpha value is -1.94. The highest BCUT2D eigenvalue weighted by molar-refractivity contribution is 7.47. The van der Waals surface area contributed by atoms with E-state index in [1.807, 2.05) is 0 Å². The summed E-state index contributed by atoms with van der Waals surface area (Å²) in [5, 5.41) is 10.5. The normalized spacial score (nSPS) is 14.3. The Morgan fingerprint density at radius 2 is 0.548 bits per heavy atom. The van der Waals surface area contributed by atoms with Crippen molar-refractivity contribution in [3.05, 3.63) is 0 Å². The van der Waals surface area contributed by atoms with Crippen LogP contribution in [0.2, 0.25) is 0 Å². The Kier molecular flexibility index (Phi) is 56.2. The molecule has 2 unspecified atom stereocenters. The summed E-state index contributed by atoms with van der Waals surface area (Å²) in [4.78, 5) is 72.0. The first kappa shape index (κ1) is 82.1. The molecule has 498 valence electrons. The van der Waals surface area contributed by atoms with Gasteiger partial charge in [-0.3, -0.25) is 37.3 Å². The molecule has 0 aliphatic rings. The van der Waals surface area contributed by atoms with E-state index in [4.69, 9.17) is 37.0 Å². The van der Waals surface area contributed by atoms with Gasteiger partial charge in [0.1, 0.15) is 19.3 Å². The van der Waals surface area contributed by atoms with Gasteiger partial charge in [-0.05, 0) is 37.5 Å². The average Bonchev–Trinajstić information content (AvgIpc) is 3.45. The summed E-state index contributed by atoms with van der Waals surface area (Å²) in [6.07, 6.45) is 40.6. The predicted octanol–water partition coefficient (Wildman–Crippen LogP) is 18.0. The molecule has 0 aliphatic heterocycles. The zero-order valence-corrected chi connectivity index (χ0v) is 56.0. The van der Waals surface area contributed by atoms with E-state index in [9.17, 15) is 43.2 Å². The molecular weight excluding hydrogens is 1110 g/mol. The van der Waals surface area contributed by atoms with Crippen LogP contribution in [0.4, 0.5) is 0 Å². The van der Waals surface area contributed by atoms with Crippen LogP contribution in [0.25, 0.3) is 0 Å². The Morgan fingerprint density at radius 3 is 0.810 bits per heavy atom. The van der Waals surface area contributed by atoms with E-state index < -0.39 is 97.5 Å². The van der Waals surface area contributed by atoms with Crippen molar-refractivity contribution in [1.29, 1.82) is 0 Å². The van der Waals surface area contributed by atoms with E-state index in [-0.39, 0.29) is 25.7 Å². The van der Waals surface area contributed by atoms with Gasteiger partial charge in [0, 0.05) is 25.7 Å². The molecule has 0 saturated heterocycles. The Morgan fingerprint density at radius 1 is 0.321 bits per heavy atom. The van der Waals surface area contributed by atoms with E-state index in [0.717, 1.165) is 108 Å². The highest BCUT2D eigenvalue weighted by Crippen LogP contribution is 2.45. The lowest BCUT2D eigenvalue weighted by atomic mass is 10.0. The molecule has 0 radical (unpaired) electrons. The Labute approximate surface area is 511 Å². The fourth-order valence-corrected chi connectivity index (χ4v) is 11.3. The molecule has 0 amide bonds. The number of ether oxygens (including phenoxy) is 4. The molecule has 19 heteroatoms. The maximum absolute atomic E-state index is 13.0. The smallest absolute Gasteiger partial charge is 0.462 e. The minimum absolute atomic E-state index is 0.106. The minimum atomic E-state index is -4.95. The van der Waals surface area contributed by atoms with Crippen LogP contribution in [0, 0.1) is 11.8 Å². The summed E-state index contributed by atoms with van der Waals surface area (Å²) in [5.74, 6) is -0.606. The molecule has 0 aromatic heterocycles. The molecule has 0 aromatic rings. The molecule has 0 rings (SSSR count). The van der Waals surface area contributed by atoms with Crippen molar-refractivity contribution >= 4 is 39.5 Å². The molecular formula is C65H126O17P2. The van der Waals surface area contributed by atoms with Gasteiger partial charge in [-0.25, -0.2) is 9.13 Å². The highest BCUT2D eigenvalue weighted by Gasteiger charge is 2.30. The minimum Gasteiger partial charge on any atom is -0.462 e. The zero-order chi connectivity index (χ0) is 62.2. The quantitative estimate of drug-likeness (QED) is 0.0222. The first-order valence-electron chi connectivity index (χ1n) is 34.0. The maximum atomic E-state index is 13.0. The number of phosphoric acid groups is 2. The van der Waals surface area contributed by atoms with Gasteiger partial charge < -0.3 is 33.8 Å². The van der Waals surface area contributed by atoms with Crippen molar-refractivity contribution in [3.8, 4) is 0 Å². The van der Waals surface area contributed by atoms with Gasteiger partial charge in [-0.2, -0.15) is 0 Å². The monoisotopic (exact) mass is 1240 g/mol. The van der Waals surface area contributed by atoms with Crippen molar-refractivity contribution in [2.45, 2.75) is 342 Å². The maximum Gasteiger partial charge on any atom is 0.472 e. The predicted molar refractivity (Wildman–Crippen MR) is 335 cm³/mol. The van der Waals surface area contributed by atoms with Gasteiger partial charge >= 0.3 is 39.5 Å². The fourth-order valence-electron chi connectivity index (χ4n) is 9.71. The Bertz CT molecular complexity index is 1650. The summed E-state index contributed by atoms with van der Waals surface area (Å²) in [6, 6.07) is 0. The van der Waals surface area contributed by atoms with Crippen LogP contribution in [0.5, 0.6) is 0 Å². The lowest BCUT2D eigenvalue weighted by Gasteiger charge is -2.21. The van der Waals surface area contributed by atoms with Gasteiger partial charge in [0.25, 0.3) is 0 Å². The molecule has 84 heavy (non-hydrogen) atoms. The summed E-state index contributed by atoms with van der Waals surface area (Å²) in [5.41, 5.74) is 0. The summed E-state index contributed by atoms with van der Waals surface area (Å²) >= 11 is 0. The topological polar surface area (TPSA) is 237 Å². The number of aliphatic hydroxyl groups is 1. The van der Waals surface area contributed by atoms with Crippen molar-refractivity contribution in [2.75, 3.05) is 39.6 Å². The second-order valence-corrected chi connectivity index (χ2v) is 27.4. The number of esters is 4. The van der Waals surface area contributed by atoms with Crippen LogP contribution in [0.3, 0.4) is 0 Å². The van der Waals surface area contributed by atoms with Crippen molar-refractivity contribution in [1.82, 2.24) is 0 Å². The van der Waals surface area contributed by atoms with Gasteiger partial charge in [-0.15, -0.1) is 0 Å². The molecule has 17 nitrogen and oxygen atoms in total. The third kappa shape index (κ3) is 59.0. The first-order chi connectivity index (χ1) is 40.4. The molecule has 0 bridgehead atoms. The first-order valence-corrected chi connectivity index (χ1v) is 37.0. The number of hydrogen-bond acceptors (Lipinski definition) is 15. The molecule has 0 heterocycles. The average molecular weight is 1240 g/mol. The van der Waals surface area contributed by atoms with E-state index >= 15 is 0 Å². The van der Waals surface area contributed by atoms with Gasteiger partial charge in [0.05, 0.1) is 26.4 Å². The van der Waals surface area contributed by atoms with Crippen LogP contribution >= 0.6 is 15.6 Å². The molecule has 5 atom stereocenters. The van der Waals surface area contributed by atoms with Gasteiger partial charge in [0.15, 0.2) is 12.2 Å². The molecule has 0 aliphatic carbocycles. The lowest BCUT2D eigenvalue weighted by molar-refractivity contribution is -0.161. The molecule has 0 aromatic carbocycles. The number of carbonyl (C=O) groups is 4. The molecule has 0 fully saturated rings. The number of unbranched alkanes of at least 4 members (excludes halogenated alkanes) is 34. The van der Waals surface area contributed by atoms with Crippen molar-refractivity contribution in [2.24, 2.45) is 11.8 Å². The van der Waals surface area contributed by atoms with Crippen LogP contribution in [-0.2, 0) is 65.4 Å². The second-order valence-electron chi connectivity index (χ2n) is 24.5. The van der Waals surface area contributed by atoms with Crippen LogP contribution in [0.15, 0.2) is 0 Å². The standard InChI is InChI=1S/C65H126O17P2/c1-7-9-11-13-14-15-18-26-31-37-43-49-64(69)81-60(53-75-62(67)47-41-33-12-10-8-2)55-79-83(71,72)77-51-59(66)52-78-84(73,74)80-56-61(54-76-63(68)48-42-36-30-25-22-21-24-29-35-40-46-58(5)6)82-65(70)50-44-38-32-27-20-17-16-19-23-28-34-39-45-57(3)4/h57-61,66H,7-56H2,1-6H3,(H,71,72)(H,73,74)/t59-,60+,61+/m0/s1. The Balaban J connectivity index is 5.18. The molecule has 0 spiro atoms. The third-order valence-corrected chi connectivity index (χ3v) is 16.9. The summed E-state index contributed by atoms with van der Waals surface area (Å²) in [6.45, 7) is 9.42. The van der Waals surface area contributed by atoms with Gasteiger partial charge in [-0.1, -0.05) is 273 Å². The molecule has 3 N–H and O–H groups in total. The largest absolute Gasteiger partial charge is 0.472 e. The fraction of sp³-hybridized carbons (Fsp3) is 0.938. The summed E-state index contributed by atoms with van der Waals surface area (Å²) < 4.78 is 67.9. The number of carbonyl (C=O) groups excluding carboxylic acids is 4. The lowest BCUT2D eigenvalue weighted by Crippen LogP contribution is -2.30. The van der Waals surface area contributed by atoms with Crippen molar-refractivity contribution in [3.63, 3.8) is 0 Å². The zero-order valence-electron chi connectivity index (χ0n) is 54.2. The number of hydrogen-bond donors (Lipinski definition) is 3. The van der Waals surface area contributed by atoms with E-state index in [1.54, 1.807) is 0 Å². The van der Waals surface area contributed by atoms with Crippen LogP contribution in [-0.4, -0.2) is 96.7 Å². The highest BCUT2D eigenvalue weighted by atomic mass is 31.2. The van der Waals surface area contributed by atoms with E-state index in [1.165, 1.54) is 135 Å². The van der Waals surface area contributed by atoms with Crippen molar-refractivity contribution < 1.29 is 80.2 Å².